The van der Waals surface area contributed by atoms with Gasteiger partial charge in [0, 0.05) is 30.0 Å². The van der Waals surface area contributed by atoms with E-state index in [-0.39, 0.29) is 29.4 Å². The van der Waals surface area contributed by atoms with Crippen molar-refractivity contribution < 1.29 is 36.1 Å². The third-order valence-electron chi connectivity index (χ3n) is 7.19. The first-order valence-corrected chi connectivity index (χ1v) is 16.2. The molecule has 0 aliphatic carbocycles. The lowest BCUT2D eigenvalue weighted by Crippen LogP contribution is -2.37. The number of hydrazone groups is 1. The van der Waals surface area contributed by atoms with E-state index in [0.717, 1.165) is 46.8 Å². The van der Waals surface area contributed by atoms with Gasteiger partial charge in [-0.1, -0.05) is 36.7 Å². The van der Waals surface area contributed by atoms with E-state index >= 15 is 0 Å². The predicted molar refractivity (Wildman–Crippen MR) is 168 cm³/mol. The second-order valence-corrected chi connectivity index (χ2v) is 13.0. The number of thioether (sulfide) groups is 1. The summed E-state index contributed by atoms with van der Waals surface area (Å²) in [7, 11) is 0. The summed E-state index contributed by atoms with van der Waals surface area (Å²) in [6.45, 7) is 1.71. The molecule has 0 bridgehead atoms. The highest BCUT2D eigenvalue weighted by Crippen LogP contribution is 2.41. The monoisotopic (exact) mass is 704 g/mol. The number of hydrogen-bond acceptors (Lipinski definition) is 7. The Morgan fingerprint density at radius 1 is 1.07 bits per heavy atom. The highest BCUT2D eigenvalue weighted by atomic mass is 35.5. The Morgan fingerprint density at radius 2 is 1.74 bits per heavy atom. The van der Waals surface area contributed by atoms with E-state index in [9.17, 15) is 41.3 Å². The topological polar surface area (TPSA) is 79.0 Å². The fourth-order valence-electron chi connectivity index (χ4n) is 5.01. The summed E-state index contributed by atoms with van der Waals surface area (Å²) >= 11 is 8.33. The van der Waals surface area contributed by atoms with Gasteiger partial charge in [0.05, 0.1) is 32.5 Å². The van der Waals surface area contributed by atoms with Crippen LogP contribution in [0, 0.1) is 15.5 Å². The molecule has 1 amide bonds. The number of nitro groups is 1. The Kier molecular flexibility index (Phi) is 10.9. The van der Waals surface area contributed by atoms with Crippen LogP contribution in [0.1, 0.15) is 36.5 Å². The Balaban J connectivity index is 1.69. The number of nitrogens with zero attached hydrogens (tertiary/aromatic N) is 4. The molecule has 3 aromatic carbocycles. The number of rotatable bonds is 11. The van der Waals surface area contributed by atoms with E-state index in [0.29, 0.717) is 29.6 Å². The molecule has 0 saturated carbocycles. The molecule has 1 unspecified atom stereocenters. The summed E-state index contributed by atoms with van der Waals surface area (Å²) in [5.41, 5.74) is -2.10. The van der Waals surface area contributed by atoms with Crippen LogP contribution in [0.2, 0.25) is 5.02 Å². The first kappa shape index (κ1) is 35.4. The Bertz CT molecular complexity index is 1620. The van der Waals surface area contributed by atoms with Crippen LogP contribution in [0.3, 0.4) is 0 Å². The summed E-state index contributed by atoms with van der Waals surface area (Å²) in [6.07, 6.45) is -6.00. The molecule has 0 saturated heterocycles. The summed E-state index contributed by atoms with van der Waals surface area (Å²) in [5.74, 6) is 0.161. The van der Waals surface area contributed by atoms with Gasteiger partial charge in [0.2, 0.25) is 0 Å². The minimum atomic E-state index is -4.65. The molecule has 7 nitrogen and oxygen atoms in total. The maximum Gasteiger partial charge on any atom is 0.417 e. The van der Waals surface area contributed by atoms with E-state index in [2.05, 4.69) is 5.10 Å². The van der Waals surface area contributed by atoms with Crippen molar-refractivity contribution in [3.63, 3.8) is 0 Å². The number of benzene rings is 3. The molecule has 246 valence electrons. The number of nitro benzene ring substituents is 1. The molecule has 0 spiro atoms. The second-order valence-electron chi connectivity index (χ2n) is 10.7. The van der Waals surface area contributed by atoms with E-state index in [4.69, 9.17) is 11.6 Å². The van der Waals surface area contributed by atoms with Crippen LogP contribution in [-0.4, -0.2) is 46.6 Å². The molecular formula is C30H27ClF6N4O3S2. The number of para-hydroxylation sites is 1. The third-order valence-corrected chi connectivity index (χ3v) is 9.34. The van der Waals surface area contributed by atoms with Gasteiger partial charge in [-0.25, -0.2) is 4.31 Å². The van der Waals surface area contributed by atoms with Gasteiger partial charge in [0.25, 0.3) is 11.6 Å². The van der Waals surface area contributed by atoms with E-state index in [1.807, 2.05) is 13.2 Å². The molecule has 0 N–H and O–H groups in total. The lowest BCUT2D eigenvalue weighted by Gasteiger charge is -2.28. The van der Waals surface area contributed by atoms with Gasteiger partial charge in [-0.15, -0.1) is 0 Å². The highest BCUT2D eigenvalue weighted by molar-refractivity contribution is 8.01. The van der Waals surface area contributed by atoms with Crippen molar-refractivity contribution in [3.8, 4) is 0 Å². The first-order chi connectivity index (χ1) is 21.5. The quantitative estimate of drug-likeness (QED) is 0.0651. The smallest absolute Gasteiger partial charge is 0.286 e. The molecule has 1 aliphatic heterocycles. The zero-order valence-electron chi connectivity index (χ0n) is 24.4. The maximum atomic E-state index is 13.8. The summed E-state index contributed by atoms with van der Waals surface area (Å²) in [4.78, 5) is 24.9. The van der Waals surface area contributed by atoms with Crippen molar-refractivity contribution in [2.24, 2.45) is 10.5 Å². The van der Waals surface area contributed by atoms with Crippen molar-refractivity contribution in [1.29, 1.82) is 0 Å². The Labute approximate surface area is 274 Å². The molecule has 4 rings (SSSR count). The molecule has 0 radical (unpaired) electrons. The van der Waals surface area contributed by atoms with Crippen LogP contribution < -0.4 is 4.31 Å². The Morgan fingerprint density at radius 3 is 2.33 bits per heavy atom. The molecule has 0 aromatic heterocycles. The number of carbonyl (C=O) groups is 1. The largest absolute Gasteiger partial charge is 0.417 e. The first-order valence-electron chi connectivity index (χ1n) is 13.7. The van der Waals surface area contributed by atoms with Crippen molar-refractivity contribution >= 4 is 58.3 Å². The Hall–Kier alpha value is -3.43. The molecule has 1 aliphatic rings. The zero-order chi connectivity index (χ0) is 33.9. The van der Waals surface area contributed by atoms with Gasteiger partial charge in [0.1, 0.15) is 11.4 Å². The molecule has 46 heavy (non-hydrogen) atoms. The number of anilines is 1. The predicted octanol–water partition coefficient (Wildman–Crippen LogP) is 9.20. The van der Waals surface area contributed by atoms with Gasteiger partial charge in [-0.2, -0.15) is 43.2 Å². The normalized spacial score (nSPS) is 16.8. The summed E-state index contributed by atoms with van der Waals surface area (Å²) in [5, 5.41) is 17.2. The lowest BCUT2D eigenvalue weighted by molar-refractivity contribution is -0.387. The molecule has 0 fully saturated rings. The fraction of sp³-hybridized carbons (Fsp3) is 0.333. The molecule has 1 heterocycles. The molecule has 1 atom stereocenters. The maximum absolute atomic E-state index is 13.8. The van der Waals surface area contributed by atoms with Crippen molar-refractivity contribution in [1.82, 2.24) is 5.01 Å². The number of alkyl halides is 6. The van der Waals surface area contributed by atoms with Gasteiger partial charge in [-0.05, 0) is 72.9 Å². The number of hydrogen-bond donors (Lipinski definition) is 0. The van der Waals surface area contributed by atoms with Gasteiger partial charge >= 0.3 is 12.4 Å². The van der Waals surface area contributed by atoms with Crippen LogP contribution >= 0.6 is 35.3 Å². The zero-order valence-corrected chi connectivity index (χ0v) is 26.8. The van der Waals surface area contributed by atoms with Crippen LogP contribution in [0.5, 0.6) is 0 Å². The summed E-state index contributed by atoms with van der Waals surface area (Å²) < 4.78 is 81.0. The van der Waals surface area contributed by atoms with Crippen molar-refractivity contribution in [2.75, 3.05) is 29.4 Å². The minimum absolute atomic E-state index is 0.0433. The second kappa shape index (κ2) is 14.1. The van der Waals surface area contributed by atoms with Crippen LogP contribution in [-0.2, 0) is 17.1 Å². The van der Waals surface area contributed by atoms with Gasteiger partial charge < -0.3 is 0 Å². The average molecular weight is 705 g/mol. The number of carbonyl (C=O) groups excluding carboxylic acids is 1. The summed E-state index contributed by atoms with van der Waals surface area (Å²) in [6, 6.07) is 12.8. The van der Waals surface area contributed by atoms with E-state index in [1.54, 1.807) is 11.8 Å². The molecule has 3 aromatic rings. The van der Waals surface area contributed by atoms with E-state index < -0.39 is 44.7 Å². The lowest BCUT2D eigenvalue weighted by atomic mass is 9.78. The number of halogens is 7. The minimum Gasteiger partial charge on any atom is -0.286 e. The molecule has 16 heteroatoms. The van der Waals surface area contributed by atoms with Crippen LogP contribution in [0.15, 0.2) is 76.7 Å². The van der Waals surface area contributed by atoms with Gasteiger partial charge in [0.15, 0.2) is 0 Å². The van der Waals surface area contributed by atoms with Crippen LogP contribution in [0.25, 0.3) is 0 Å². The third kappa shape index (κ3) is 8.28. The van der Waals surface area contributed by atoms with Gasteiger partial charge in [-0.3, -0.25) is 19.9 Å². The fourth-order valence-corrected chi connectivity index (χ4v) is 6.69. The standard InChI is InChI=1S/C30H27ClF6N4O3S2/c1-28(14-5-15-45-2)18-39(38-27(28)19-8-13-22(23(31)16-19)30(35,36)37)17-26(42)40(21-11-9-20(10-12-21)29(32,33)34)46-25-7-4-3-6-24(25)41(43)44/h3-4,6-13,16H,5,14-15,17-18H2,1-2H3. The highest BCUT2D eigenvalue weighted by Gasteiger charge is 2.41. The average Bonchev–Trinajstić information content (AvgIpc) is 3.30. The SMILES string of the molecule is CSCCCC1(C)CN(CC(=O)N(Sc2ccccc2[N+](=O)[O-])c2ccc(C(F)(F)F)cc2)N=C1c1ccc(C(F)(F)F)c(Cl)c1. The molecular weight excluding hydrogens is 678 g/mol. The van der Waals surface area contributed by atoms with Crippen molar-refractivity contribution in [3.05, 3.63) is 98.6 Å². The van der Waals surface area contributed by atoms with Crippen LogP contribution in [0.4, 0.5) is 37.7 Å². The number of amides is 1. The van der Waals surface area contributed by atoms with Crippen molar-refractivity contribution in [2.45, 2.75) is 37.0 Å². The van der Waals surface area contributed by atoms with E-state index in [1.165, 1.54) is 41.4 Å².